The Labute approximate surface area is 188 Å². The van der Waals surface area contributed by atoms with Gasteiger partial charge in [0, 0.05) is 39.8 Å². The van der Waals surface area contributed by atoms with Crippen molar-refractivity contribution in [2.75, 3.05) is 0 Å². The molecule has 0 aliphatic heterocycles. The third-order valence-electron chi connectivity index (χ3n) is 5.26. The van der Waals surface area contributed by atoms with E-state index in [1.807, 2.05) is 52.4 Å². The minimum atomic E-state index is -0.289. The summed E-state index contributed by atoms with van der Waals surface area (Å²) in [6, 6.07) is 20.0. The highest BCUT2D eigenvalue weighted by Gasteiger charge is 2.17. The predicted octanol–water partition coefficient (Wildman–Crippen LogP) is 5.28. The number of pyridine rings is 1. The molecule has 3 aromatic heterocycles. The van der Waals surface area contributed by atoms with Gasteiger partial charge < -0.3 is 9.88 Å². The molecule has 3 heterocycles. The monoisotopic (exact) mass is 442 g/mol. The summed E-state index contributed by atoms with van der Waals surface area (Å²) in [6.45, 7) is 0.586. The van der Waals surface area contributed by atoms with Gasteiger partial charge in [-0.05, 0) is 30.3 Å². The zero-order valence-electron chi connectivity index (χ0n) is 17.0. The number of hydrogen-bond acceptors (Lipinski definition) is 4. The summed E-state index contributed by atoms with van der Waals surface area (Å²) < 4.78 is 16.2. The van der Waals surface area contributed by atoms with Crippen LogP contribution in [-0.4, -0.2) is 20.4 Å². The molecule has 158 valence electrons. The molecule has 5 aromatic rings. The van der Waals surface area contributed by atoms with Crippen LogP contribution >= 0.6 is 11.3 Å². The largest absolute Gasteiger partial charge is 0.344 e. The van der Waals surface area contributed by atoms with Gasteiger partial charge in [-0.3, -0.25) is 9.78 Å². The lowest BCUT2D eigenvalue weighted by atomic mass is 10.2. The van der Waals surface area contributed by atoms with Crippen LogP contribution in [0.1, 0.15) is 21.1 Å². The summed E-state index contributed by atoms with van der Waals surface area (Å²) >= 11 is 1.49. The van der Waals surface area contributed by atoms with Gasteiger partial charge >= 0.3 is 0 Å². The van der Waals surface area contributed by atoms with E-state index in [9.17, 15) is 9.18 Å². The number of carbonyl (C=O) groups is 1. The Morgan fingerprint density at radius 3 is 2.66 bits per heavy atom. The van der Waals surface area contributed by atoms with E-state index < -0.39 is 0 Å². The van der Waals surface area contributed by atoms with E-state index in [4.69, 9.17) is 0 Å². The molecule has 0 atom stereocenters. The van der Waals surface area contributed by atoms with Crippen molar-refractivity contribution < 1.29 is 9.18 Å². The van der Waals surface area contributed by atoms with Crippen molar-refractivity contribution in [2.24, 2.45) is 0 Å². The van der Waals surface area contributed by atoms with Crippen LogP contribution in [0.4, 0.5) is 4.39 Å². The molecule has 0 bridgehead atoms. The van der Waals surface area contributed by atoms with Crippen molar-refractivity contribution in [3.05, 3.63) is 107 Å². The molecular weight excluding hydrogens is 423 g/mol. The van der Waals surface area contributed by atoms with Crippen molar-refractivity contribution in [3.8, 4) is 11.3 Å². The third-order valence-corrected chi connectivity index (χ3v) is 6.11. The SMILES string of the molecule is O=C(NCc1nc(-c2ccncc2)cs1)c1cc2ccccc2n1Cc1ccccc1F. The molecule has 0 spiro atoms. The van der Waals surface area contributed by atoms with Gasteiger partial charge in [-0.15, -0.1) is 11.3 Å². The number of hydrogen-bond donors (Lipinski definition) is 1. The lowest BCUT2D eigenvalue weighted by molar-refractivity contribution is 0.0942. The van der Waals surface area contributed by atoms with E-state index in [0.29, 0.717) is 17.8 Å². The van der Waals surface area contributed by atoms with Crippen LogP contribution in [0, 0.1) is 5.82 Å². The van der Waals surface area contributed by atoms with Crippen LogP contribution in [0.3, 0.4) is 0 Å². The van der Waals surface area contributed by atoms with Crippen LogP contribution in [0.15, 0.2) is 84.5 Å². The first-order valence-corrected chi connectivity index (χ1v) is 11.0. The number of nitrogens with one attached hydrogen (secondary N) is 1. The van der Waals surface area contributed by atoms with Gasteiger partial charge in [-0.1, -0.05) is 36.4 Å². The molecule has 1 amide bonds. The second-order valence-electron chi connectivity index (χ2n) is 7.31. The molecule has 0 saturated heterocycles. The molecule has 7 heteroatoms. The standard InChI is InChI=1S/C25H19FN4OS/c26-20-7-3-1-6-19(20)15-30-22-8-4-2-5-18(22)13-23(30)25(31)28-14-24-29-21(16-32-24)17-9-11-27-12-10-17/h1-13,16H,14-15H2,(H,28,31). The van der Waals surface area contributed by atoms with Crippen molar-refractivity contribution >= 4 is 28.1 Å². The van der Waals surface area contributed by atoms with E-state index in [2.05, 4.69) is 15.3 Å². The number of halogens is 1. The molecule has 0 fully saturated rings. The molecular formula is C25H19FN4OS. The Hall–Kier alpha value is -3.84. The second kappa shape index (κ2) is 8.72. The van der Waals surface area contributed by atoms with Gasteiger partial charge in [-0.25, -0.2) is 9.37 Å². The minimum Gasteiger partial charge on any atom is -0.344 e. The average Bonchev–Trinajstić information content (AvgIpc) is 3.45. The number of rotatable bonds is 6. The Balaban J connectivity index is 1.39. The topological polar surface area (TPSA) is 59.8 Å². The lowest BCUT2D eigenvalue weighted by Gasteiger charge is -2.11. The maximum atomic E-state index is 14.3. The molecule has 1 N–H and O–H groups in total. The fourth-order valence-corrected chi connectivity index (χ4v) is 4.40. The molecule has 0 radical (unpaired) electrons. The second-order valence-corrected chi connectivity index (χ2v) is 8.25. The number of benzene rings is 2. The summed E-state index contributed by atoms with van der Waals surface area (Å²) in [6.07, 6.45) is 3.45. The van der Waals surface area contributed by atoms with Crippen LogP contribution in [-0.2, 0) is 13.1 Å². The molecule has 2 aromatic carbocycles. The van der Waals surface area contributed by atoms with Gasteiger partial charge in [0.1, 0.15) is 16.5 Å². The maximum absolute atomic E-state index is 14.3. The molecule has 0 saturated carbocycles. The third kappa shape index (κ3) is 4.02. The van der Waals surface area contributed by atoms with Crippen molar-refractivity contribution in [1.29, 1.82) is 0 Å². The first kappa shape index (κ1) is 20.1. The normalized spacial score (nSPS) is 11.0. The number of amides is 1. The summed E-state index contributed by atoms with van der Waals surface area (Å²) in [7, 11) is 0. The van der Waals surface area contributed by atoms with E-state index in [1.165, 1.54) is 17.4 Å². The molecule has 5 rings (SSSR count). The fraction of sp³-hybridized carbons (Fsp3) is 0.0800. The van der Waals surface area contributed by atoms with Crippen LogP contribution in [0.5, 0.6) is 0 Å². The number of para-hydroxylation sites is 1. The number of nitrogens with zero attached hydrogens (tertiary/aromatic N) is 3. The van der Waals surface area contributed by atoms with Crippen molar-refractivity contribution in [2.45, 2.75) is 13.1 Å². The Kier molecular flexibility index (Phi) is 5.47. The zero-order valence-corrected chi connectivity index (χ0v) is 17.8. The van der Waals surface area contributed by atoms with E-state index >= 15 is 0 Å². The molecule has 5 nitrogen and oxygen atoms in total. The van der Waals surface area contributed by atoms with Crippen molar-refractivity contribution in [3.63, 3.8) is 0 Å². The summed E-state index contributed by atoms with van der Waals surface area (Å²) in [5.41, 5.74) is 3.74. The number of carbonyl (C=O) groups excluding carboxylic acids is 1. The first-order valence-electron chi connectivity index (χ1n) is 10.1. The quantitative estimate of drug-likeness (QED) is 0.389. The Morgan fingerprint density at radius 2 is 1.81 bits per heavy atom. The summed E-state index contributed by atoms with van der Waals surface area (Å²) in [5, 5.41) is 6.67. The van der Waals surface area contributed by atoms with Crippen LogP contribution in [0.25, 0.3) is 22.2 Å². The van der Waals surface area contributed by atoms with E-state index in [1.54, 1.807) is 30.6 Å². The average molecular weight is 443 g/mol. The summed E-state index contributed by atoms with van der Waals surface area (Å²) in [5.74, 6) is -0.513. The van der Waals surface area contributed by atoms with E-state index in [-0.39, 0.29) is 18.3 Å². The molecule has 0 aliphatic carbocycles. The highest BCUT2D eigenvalue weighted by Crippen LogP contribution is 2.23. The zero-order chi connectivity index (χ0) is 21.9. The lowest BCUT2D eigenvalue weighted by Crippen LogP contribution is -2.25. The van der Waals surface area contributed by atoms with Gasteiger partial charge in [0.05, 0.1) is 18.8 Å². The summed E-state index contributed by atoms with van der Waals surface area (Å²) in [4.78, 5) is 21.7. The fourth-order valence-electron chi connectivity index (χ4n) is 3.66. The molecule has 32 heavy (non-hydrogen) atoms. The van der Waals surface area contributed by atoms with Crippen LogP contribution in [0.2, 0.25) is 0 Å². The van der Waals surface area contributed by atoms with Gasteiger partial charge in [-0.2, -0.15) is 0 Å². The van der Waals surface area contributed by atoms with Gasteiger partial charge in [0.15, 0.2) is 0 Å². The maximum Gasteiger partial charge on any atom is 0.268 e. The van der Waals surface area contributed by atoms with Gasteiger partial charge in [0.25, 0.3) is 5.91 Å². The minimum absolute atomic E-state index is 0.224. The molecule has 0 unspecified atom stereocenters. The highest BCUT2D eigenvalue weighted by atomic mass is 32.1. The Morgan fingerprint density at radius 1 is 1.03 bits per heavy atom. The smallest absolute Gasteiger partial charge is 0.268 e. The number of fused-ring (bicyclic) bond motifs is 1. The first-order chi connectivity index (χ1) is 15.7. The number of aromatic nitrogens is 3. The van der Waals surface area contributed by atoms with Crippen LogP contribution < -0.4 is 5.32 Å². The predicted molar refractivity (Wildman–Crippen MR) is 124 cm³/mol. The molecule has 0 aliphatic rings. The van der Waals surface area contributed by atoms with E-state index in [0.717, 1.165) is 27.2 Å². The highest BCUT2D eigenvalue weighted by molar-refractivity contribution is 7.09. The van der Waals surface area contributed by atoms with Crippen molar-refractivity contribution in [1.82, 2.24) is 19.9 Å². The number of thiazole rings is 1. The Bertz CT molecular complexity index is 1390. The van der Waals surface area contributed by atoms with Gasteiger partial charge in [0.2, 0.25) is 0 Å².